The van der Waals surface area contributed by atoms with Crippen LogP contribution in [0.2, 0.25) is 0 Å². The van der Waals surface area contributed by atoms with Crippen LogP contribution in [0.1, 0.15) is 19.3 Å². The van der Waals surface area contributed by atoms with Gasteiger partial charge in [0.2, 0.25) is 5.91 Å². The van der Waals surface area contributed by atoms with Gasteiger partial charge < -0.3 is 10.1 Å². The number of carbonyl (C=O) groups is 1. The zero-order valence-electron chi connectivity index (χ0n) is 8.27. The number of hydrogen-bond donors (Lipinski definition) is 1. The second-order valence-electron chi connectivity index (χ2n) is 3.68. The molecule has 0 atom stereocenters. The molecule has 1 rings (SSSR count). The first kappa shape index (κ1) is 12.6. The first-order chi connectivity index (χ1) is 7.08. The van der Waals surface area contributed by atoms with Gasteiger partial charge in [0.1, 0.15) is 6.61 Å². The second-order valence-corrected chi connectivity index (χ2v) is 3.95. The highest BCUT2D eigenvalue weighted by molar-refractivity contribution is 6.19. The van der Waals surface area contributed by atoms with Crippen molar-refractivity contribution < 1.29 is 18.3 Å². The Bertz CT molecular complexity index is 222. The highest BCUT2D eigenvalue weighted by atomic mass is 35.5. The molecule has 0 bridgehead atoms. The maximum Gasteiger partial charge on any atom is 0.261 e. The smallest absolute Gasteiger partial charge is 0.261 e. The maximum absolute atomic E-state index is 11.7. The Morgan fingerprint density at radius 2 is 2.20 bits per heavy atom. The van der Waals surface area contributed by atoms with E-state index in [1.165, 1.54) is 0 Å². The number of halogens is 3. The average Bonchev–Trinajstić information content (AvgIpc) is 2.93. The van der Waals surface area contributed by atoms with Gasteiger partial charge in [-0.2, -0.15) is 0 Å². The fourth-order valence-corrected chi connectivity index (χ4v) is 1.47. The summed E-state index contributed by atoms with van der Waals surface area (Å²) in [6.45, 7) is -0.595. The van der Waals surface area contributed by atoms with Gasteiger partial charge in [-0.3, -0.25) is 4.79 Å². The third-order valence-corrected chi connectivity index (χ3v) is 2.74. The van der Waals surface area contributed by atoms with E-state index in [1.54, 1.807) is 0 Å². The molecule has 0 aromatic carbocycles. The summed E-state index contributed by atoms with van der Waals surface area (Å²) >= 11 is 5.66. The molecule has 0 spiro atoms. The average molecular weight is 242 g/mol. The Morgan fingerprint density at radius 1 is 1.53 bits per heavy atom. The van der Waals surface area contributed by atoms with Crippen LogP contribution in [-0.4, -0.2) is 37.0 Å². The van der Waals surface area contributed by atoms with Gasteiger partial charge in [-0.15, -0.1) is 11.6 Å². The largest absolute Gasteiger partial charge is 0.375 e. The lowest BCUT2D eigenvalue weighted by Crippen LogP contribution is -2.38. The van der Waals surface area contributed by atoms with Gasteiger partial charge in [0.25, 0.3) is 6.43 Å². The number of rotatable bonds is 7. The van der Waals surface area contributed by atoms with Crippen molar-refractivity contribution in [1.82, 2.24) is 5.32 Å². The van der Waals surface area contributed by atoms with Crippen LogP contribution in [0, 0.1) is 0 Å². The van der Waals surface area contributed by atoms with Crippen molar-refractivity contribution in [2.24, 2.45) is 0 Å². The van der Waals surface area contributed by atoms with Crippen molar-refractivity contribution in [3.05, 3.63) is 0 Å². The van der Waals surface area contributed by atoms with Crippen molar-refractivity contribution in [3.63, 3.8) is 0 Å². The van der Waals surface area contributed by atoms with E-state index in [4.69, 9.17) is 11.6 Å². The predicted molar refractivity (Wildman–Crippen MR) is 52.3 cm³/mol. The zero-order chi connectivity index (χ0) is 11.3. The molecule has 0 saturated heterocycles. The van der Waals surface area contributed by atoms with Crippen LogP contribution >= 0.6 is 11.6 Å². The number of ether oxygens (including phenoxy) is 1. The molecule has 0 aliphatic heterocycles. The molecule has 1 N–H and O–H groups in total. The van der Waals surface area contributed by atoms with Gasteiger partial charge in [-0.1, -0.05) is 0 Å². The van der Waals surface area contributed by atoms with E-state index in [1.807, 2.05) is 0 Å². The van der Waals surface area contributed by atoms with Gasteiger partial charge in [-0.25, -0.2) is 8.78 Å². The summed E-state index contributed by atoms with van der Waals surface area (Å²) in [6, 6.07) is 0. The molecule has 1 amide bonds. The molecule has 0 aromatic heterocycles. The van der Waals surface area contributed by atoms with Crippen molar-refractivity contribution in [2.45, 2.75) is 31.2 Å². The molecular formula is C9H14ClF2NO2. The van der Waals surface area contributed by atoms with Crippen LogP contribution in [0.3, 0.4) is 0 Å². The summed E-state index contributed by atoms with van der Waals surface area (Å²) in [4.78, 5) is 11.3. The second kappa shape index (κ2) is 5.61. The van der Waals surface area contributed by atoms with E-state index >= 15 is 0 Å². The topological polar surface area (TPSA) is 38.3 Å². The van der Waals surface area contributed by atoms with Crippen LogP contribution in [0.5, 0.6) is 0 Å². The lowest BCUT2D eigenvalue weighted by atomic mass is 10.3. The van der Waals surface area contributed by atoms with Crippen molar-refractivity contribution in [3.8, 4) is 0 Å². The summed E-state index contributed by atoms with van der Waals surface area (Å²) in [5.41, 5.74) is -0.235. The fraction of sp³-hybridized carbons (Fsp3) is 0.889. The summed E-state index contributed by atoms with van der Waals surface area (Å²) in [5, 5.41) is 2.77. The summed E-state index contributed by atoms with van der Waals surface area (Å²) in [6.07, 6.45) is -0.600. The van der Waals surface area contributed by atoms with Crippen molar-refractivity contribution in [1.29, 1.82) is 0 Å². The normalized spacial score (nSPS) is 17.9. The van der Waals surface area contributed by atoms with Crippen molar-refractivity contribution in [2.75, 3.05) is 19.1 Å². The molecule has 6 heteroatoms. The van der Waals surface area contributed by atoms with Gasteiger partial charge in [0.15, 0.2) is 0 Å². The predicted octanol–water partition coefficient (Wildman–Crippen LogP) is 1.55. The minimum absolute atomic E-state index is 0.0224. The molecule has 15 heavy (non-hydrogen) atoms. The van der Waals surface area contributed by atoms with Crippen LogP contribution in [0.15, 0.2) is 0 Å². The lowest BCUT2D eigenvalue weighted by molar-refractivity contribution is -0.123. The summed E-state index contributed by atoms with van der Waals surface area (Å²) < 4.78 is 27.9. The molecule has 1 fully saturated rings. The molecule has 0 unspecified atom stereocenters. The molecule has 1 aliphatic rings. The first-order valence-corrected chi connectivity index (χ1v) is 5.34. The highest BCUT2D eigenvalue weighted by Crippen LogP contribution is 2.36. The Morgan fingerprint density at radius 3 is 2.67 bits per heavy atom. The summed E-state index contributed by atoms with van der Waals surface area (Å²) in [7, 11) is 0. The van der Waals surface area contributed by atoms with Crippen LogP contribution in [-0.2, 0) is 9.53 Å². The Hall–Kier alpha value is -0.420. The molecule has 0 heterocycles. The third kappa shape index (κ3) is 4.75. The van der Waals surface area contributed by atoms with E-state index in [2.05, 4.69) is 10.1 Å². The molecule has 0 aromatic rings. The van der Waals surface area contributed by atoms with Gasteiger partial charge in [-0.05, 0) is 12.8 Å². The number of nitrogens with one attached hydrogen (secondary N) is 1. The molecule has 0 radical (unpaired) electrons. The quantitative estimate of drug-likeness (QED) is 0.543. The lowest BCUT2D eigenvalue weighted by Gasteiger charge is -2.13. The Labute approximate surface area is 92.1 Å². The molecule has 1 saturated carbocycles. The maximum atomic E-state index is 11.7. The minimum Gasteiger partial charge on any atom is -0.375 e. The number of alkyl halides is 3. The standard InChI is InChI=1S/C9H14ClF2NO2/c10-6-9(2-3-9)13-8(14)1-4-15-5-7(11)12/h7H,1-6H2,(H,13,14). The van der Waals surface area contributed by atoms with Crippen LogP contribution < -0.4 is 5.32 Å². The van der Waals surface area contributed by atoms with Crippen LogP contribution in [0.25, 0.3) is 0 Å². The Kier molecular flexibility index (Phi) is 4.73. The monoisotopic (exact) mass is 241 g/mol. The SMILES string of the molecule is O=C(CCOCC(F)F)NC1(CCl)CC1. The third-order valence-electron chi connectivity index (χ3n) is 2.23. The molecule has 3 nitrogen and oxygen atoms in total. The van der Waals surface area contributed by atoms with Gasteiger partial charge in [0, 0.05) is 12.3 Å². The molecular weight excluding hydrogens is 228 g/mol. The highest BCUT2D eigenvalue weighted by Gasteiger charge is 2.42. The van der Waals surface area contributed by atoms with Crippen molar-refractivity contribution >= 4 is 17.5 Å². The van der Waals surface area contributed by atoms with Gasteiger partial charge in [0.05, 0.1) is 12.1 Å². The number of carbonyl (C=O) groups excluding carboxylic acids is 1. The van der Waals surface area contributed by atoms with E-state index in [0.29, 0.717) is 5.88 Å². The van der Waals surface area contributed by atoms with E-state index in [0.717, 1.165) is 12.8 Å². The number of hydrogen-bond acceptors (Lipinski definition) is 2. The molecule has 1 aliphatic carbocycles. The van der Waals surface area contributed by atoms with E-state index in [-0.39, 0.29) is 24.5 Å². The summed E-state index contributed by atoms with van der Waals surface area (Å²) in [5.74, 6) is 0.207. The van der Waals surface area contributed by atoms with Crippen LogP contribution in [0.4, 0.5) is 8.78 Å². The fourth-order valence-electron chi connectivity index (χ4n) is 1.14. The number of amides is 1. The van der Waals surface area contributed by atoms with E-state index < -0.39 is 13.0 Å². The first-order valence-electron chi connectivity index (χ1n) is 4.81. The molecule has 88 valence electrons. The van der Waals surface area contributed by atoms with E-state index in [9.17, 15) is 13.6 Å². The Balaban J connectivity index is 2.04. The minimum atomic E-state index is -2.48. The van der Waals surface area contributed by atoms with Gasteiger partial charge >= 0.3 is 0 Å². The zero-order valence-corrected chi connectivity index (χ0v) is 9.03.